The maximum Gasteiger partial charge on any atom is 0.408 e. The number of hydrogen-bond donors (Lipinski definition) is 1. The summed E-state index contributed by atoms with van der Waals surface area (Å²) in [5.41, 5.74) is -0.0384. The van der Waals surface area contributed by atoms with E-state index in [2.05, 4.69) is 26.2 Å². The Morgan fingerprint density at radius 2 is 2.08 bits per heavy atom. The van der Waals surface area contributed by atoms with Gasteiger partial charge < -0.3 is 14.8 Å². The van der Waals surface area contributed by atoms with Crippen LogP contribution in [0, 0.1) is 0 Å². The third-order valence-corrected chi connectivity index (χ3v) is 4.49. The van der Waals surface area contributed by atoms with Crippen LogP contribution in [0.5, 0.6) is 5.75 Å². The summed E-state index contributed by atoms with van der Waals surface area (Å²) >= 11 is 3.53. The molecule has 1 aromatic carbocycles. The molecule has 1 aliphatic rings. The lowest BCUT2D eigenvalue weighted by atomic mass is 10.2. The molecule has 0 radical (unpaired) electrons. The van der Waals surface area contributed by atoms with Crippen LogP contribution in [-0.4, -0.2) is 28.8 Å². The molecule has 6 heteroatoms. The van der Waals surface area contributed by atoms with Gasteiger partial charge in [0, 0.05) is 16.1 Å². The molecular weight excluding hydrogens is 372 g/mol. The Hall–Kier alpha value is -1.82. The number of amides is 1. The average molecular weight is 393 g/mol. The zero-order chi connectivity index (χ0) is 17.4. The first-order valence-corrected chi connectivity index (χ1v) is 8.75. The molecule has 3 rings (SSSR count). The van der Waals surface area contributed by atoms with Crippen molar-refractivity contribution in [2.24, 2.45) is 0 Å². The summed E-state index contributed by atoms with van der Waals surface area (Å²) in [5.74, 6) is 0.714. The van der Waals surface area contributed by atoms with E-state index in [1.54, 1.807) is 6.20 Å². The maximum absolute atomic E-state index is 12.0. The number of ether oxygens (including phenoxy) is 2. The molecule has 1 saturated carbocycles. The van der Waals surface area contributed by atoms with Crippen molar-refractivity contribution in [1.29, 1.82) is 0 Å². The number of fused-ring (bicyclic) bond motifs is 1. The van der Waals surface area contributed by atoms with Crippen LogP contribution < -0.4 is 10.1 Å². The molecule has 2 aromatic rings. The highest BCUT2D eigenvalue weighted by molar-refractivity contribution is 9.10. The number of hydrogen-bond acceptors (Lipinski definition) is 4. The summed E-state index contributed by atoms with van der Waals surface area (Å²) < 4.78 is 12.3. The predicted molar refractivity (Wildman–Crippen MR) is 96.3 cm³/mol. The second-order valence-electron chi connectivity index (χ2n) is 7.14. The second-order valence-corrected chi connectivity index (χ2v) is 8.00. The first-order chi connectivity index (χ1) is 11.3. The van der Waals surface area contributed by atoms with E-state index in [0.717, 1.165) is 28.2 Å². The molecule has 1 aromatic heterocycles. The molecular formula is C18H21BrN2O3. The zero-order valence-corrected chi connectivity index (χ0v) is 15.6. The van der Waals surface area contributed by atoms with Gasteiger partial charge in [0.2, 0.25) is 0 Å². The van der Waals surface area contributed by atoms with Crippen molar-refractivity contribution in [2.75, 3.05) is 6.61 Å². The van der Waals surface area contributed by atoms with Crippen molar-refractivity contribution in [2.45, 2.75) is 44.8 Å². The highest BCUT2D eigenvalue weighted by Gasteiger charge is 2.46. The molecule has 0 unspecified atom stereocenters. The van der Waals surface area contributed by atoms with Crippen molar-refractivity contribution < 1.29 is 14.3 Å². The number of aromatic nitrogens is 1. The molecule has 0 spiro atoms. The molecule has 128 valence electrons. The monoisotopic (exact) mass is 392 g/mol. The Morgan fingerprint density at radius 3 is 2.75 bits per heavy atom. The number of carbonyl (C=O) groups is 1. The van der Waals surface area contributed by atoms with Gasteiger partial charge in [-0.3, -0.25) is 4.98 Å². The number of alkyl carbamates (subject to hydrolysis) is 1. The molecule has 0 atom stereocenters. The van der Waals surface area contributed by atoms with Gasteiger partial charge in [0.05, 0.1) is 5.54 Å². The third-order valence-electron chi connectivity index (χ3n) is 3.80. The Balaban J connectivity index is 1.68. The van der Waals surface area contributed by atoms with Crippen molar-refractivity contribution >= 4 is 32.9 Å². The Morgan fingerprint density at radius 1 is 1.33 bits per heavy atom. The lowest BCUT2D eigenvalue weighted by Crippen LogP contribution is -2.44. The number of rotatable bonds is 4. The number of benzene rings is 1. The van der Waals surface area contributed by atoms with Gasteiger partial charge in [0.25, 0.3) is 0 Å². The molecule has 0 saturated heterocycles. The summed E-state index contributed by atoms with van der Waals surface area (Å²) in [6, 6.07) is 7.72. The van der Waals surface area contributed by atoms with Crippen molar-refractivity contribution in [1.82, 2.24) is 10.3 Å². The standard InChI is InChI=1S/C18H21BrN2O3/c1-17(2,3)24-16(22)21-18(8-9-18)11-23-14-7-6-13(19)12-5-4-10-20-15(12)14/h4-7,10H,8-9,11H2,1-3H3,(H,21,22). The smallest absolute Gasteiger partial charge is 0.408 e. The topological polar surface area (TPSA) is 60.5 Å². The van der Waals surface area contributed by atoms with E-state index in [0.29, 0.717) is 12.4 Å². The molecule has 5 nitrogen and oxygen atoms in total. The minimum absolute atomic E-state index is 0.337. The fourth-order valence-corrected chi connectivity index (χ4v) is 2.87. The van der Waals surface area contributed by atoms with Crippen LogP contribution >= 0.6 is 15.9 Å². The van der Waals surface area contributed by atoms with Gasteiger partial charge in [-0.15, -0.1) is 0 Å². The average Bonchev–Trinajstić information content (AvgIpc) is 3.24. The molecule has 1 heterocycles. The Kier molecular flexibility index (Phi) is 4.42. The van der Waals surface area contributed by atoms with Crippen LogP contribution in [0.15, 0.2) is 34.9 Å². The number of halogens is 1. The van der Waals surface area contributed by atoms with Crippen LogP contribution in [0.2, 0.25) is 0 Å². The van der Waals surface area contributed by atoms with Gasteiger partial charge in [-0.2, -0.15) is 0 Å². The lowest BCUT2D eigenvalue weighted by Gasteiger charge is -2.23. The number of carbonyl (C=O) groups excluding carboxylic acids is 1. The molecule has 24 heavy (non-hydrogen) atoms. The number of pyridine rings is 1. The zero-order valence-electron chi connectivity index (χ0n) is 14.1. The second kappa shape index (κ2) is 6.24. The summed E-state index contributed by atoms with van der Waals surface area (Å²) in [7, 11) is 0. The number of nitrogens with one attached hydrogen (secondary N) is 1. The summed E-state index contributed by atoms with van der Waals surface area (Å²) in [6.07, 6.45) is 3.11. The summed E-state index contributed by atoms with van der Waals surface area (Å²) in [5, 5.41) is 3.94. The van der Waals surface area contributed by atoms with Crippen molar-refractivity contribution in [3.63, 3.8) is 0 Å². The maximum atomic E-state index is 12.0. The molecule has 1 amide bonds. The largest absolute Gasteiger partial charge is 0.489 e. The van der Waals surface area contributed by atoms with E-state index in [4.69, 9.17) is 9.47 Å². The van der Waals surface area contributed by atoms with E-state index in [-0.39, 0.29) is 5.54 Å². The SMILES string of the molecule is CC(C)(C)OC(=O)NC1(COc2ccc(Br)c3cccnc23)CC1. The molecule has 0 bridgehead atoms. The minimum Gasteiger partial charge on any atom is -0.489 e. The van der Waals surface area contributed by atoms with Gasteiger partial charge in [-0.05, 0) is 51.8 Å². The summed E-state index contributed by atoms with van der Waals surface area (Å²) in [6.45, 7) is 5.95. The van der Waals surface area contributed by atoms with Gasteiger partial charge in [-0.25, -0.2) is 4.79 Å². The van der Waals surface area contributed by atoms with Crippen LogP contribution in [0.25, 0.3) is 10.9 Å². The highest BCUT2D eigenvalue weighted by atomic mass is 79.9. The van der Waals surface area contributed by atoms with Crippen LogP contribution in [0.4, 0.5) is 4.79 Å². The van der Waals surface area contributed by atoms with E-state index in [1.165, 1.54) is 0 Å². The van der Waals surface area contributed by atoms with Crippen LogP contribution in [0.3, 0.4) is 0 Å². The molecule has 1 fully saturated rings. The molecule has 1 aliphatic carbocycles. The quantitative estimate of drug-likeness (QED) is 0.835. The van der Waals surface area contributed by atoms with Crippen LogP contribution in [0.1, 0.15) is 33.6 Å². The normalized spacial score (nSPS) is 15.8. The third kappa shape index (κ3) is 3.98. The van der Waals surface area contributed by atoms with Gasteiger partial charge in [0.15, 0.2) is 0 Å². The fraction of sp³-hybridized carbons (Fsp3) is 0.444. The first-order valence-electron chi connectivity index (χ1n) is 7.95. The fourth-order valence-electron chi connectivity index (χ4n) is 2.42. The van der Waals surface area contributed by atoms with Gasteiger partial charge in [0.1, 0.15) is 23.5 Å². The first kappa shape index (κ1) is 17.0. The van der Waals surface area contributed by atoms with E-state index in [1.807, 2.05) is 45.0 Å². The van der Waals surface area contributed by atoms with E-state index in [9.17, 15) is 4.79 Å². The minimum atomic E-state index is -0.507. The van der Waals surface area contributed by atoms with Crippen molar-refractivity contribution in [3.05, 3.63) is 34.9 Å². The number of nitrogens with zero attached hydrogens (tertiary/aromatic N) is 1. The predicted octanol–water partition coefficient (Wildman–Crippen LogP) is 4.43. The molecule has 0 aliphatic heterocycles. The Bertz CT molecular complexity index is 766. The highest BCUT2D eigenvalue weighted by Crippen LogP contribution is 2.37. The Labute approximate surface area is 149 Å². The van der Waals surface area contributed by atoms with Gasteiger partial charge >= 0.3 is 6.09 Å². The van der Waals surface area contributed by atoms with E-state index < -0.39 is 11.7 Å². The van der Waals surface area contributed by atoms with Gasteiger partial charge in [-0.1, -0.05) is 22.0 Å². The summed E-state index contributed by atoms with van der Waals surface area (Å²) in [4.78, 5) is 16.4. The van der Waals surface area contributed by atoms with Crippen molar-refractivity contribution in [3.8, 4) is 5.75 Å². The van der Waals surface area contributed by atoms with E-state index >= 15 is 0 Å². The molecule has 1 N–H and O–H groups in total. The van der Waals surface area contributed by atoms with Crippen LogP contribution in [-0.2, 0) is 4.74 Å². The lowest BCUT2D eigenvalue weighted by molar-refractivity contribution is 0.0477.